The summed E-state index contributed by atoms with van der Waals surface area (Å²) < 4.78 is 5.21. The minimum atomic E-state index is -1.14. The first-order valence-corrected chi connectivity index (χ1v) is 6.84. The molecule has 3 nitrogen and oxygen atoms in total. The first-order valence-electron chi connectivity index (χ1n) is 6.84. The molecule has 19 heavy (non-hydrogen) atoms. The van der Waals surface area contributed by atoms with Crippen molar-refractivity contribution in [1.82, 2.24) is 0 Å². The molecule has 0 bridgehead atoms. The van der Waals surface area contributed by atoms with Gasteiger partial charge in [-0.1, -0.05) is 31.4 Å². The summed E-state index contributed by atoms with van der Waals surface area (Å²) in [4.78, 5) is 0. The van der Waals surface area contributed by atoms with Gasteiger partial charge in [0.25, 0.3) is 0 Å². The second-order valence-corrected chi connectivity index (χ2v) is 5.56. The van der Waals surface area contributed by atoms with Crippen LogP contribution in [0.5, 0.6) is 5.75 Å². The normalized spacial score (nSPS) is 21.2. The SMILES string of the molecule is COc1cccc(C(C)(O)C2(C#N)CCCCC2)c1. The molecule has 0 saturated heterocycles. The maximum atomic E-state index is 11.0. The van der Waals surface area contributed by atoms with Gasteiger partial charge in [-0.15, -0.1) is 0 Å². The van der Waals surface area contributed by atoms with Crippen molar-refractivity contribution in [3.63, 3.8) is 0 Å². The average molecular weight is 259 g/mol. The molecule has 0 amide bonds. The van der Waals surface area contributed by atoms with Crippen molar-refractivity contribution in [3.05, 3.63) is 29.8 Å². The van der Waals surface area contributed by atoms with Gasteiger partial charge in [0.05, 0.1) is 18.6 Å². The highest BCUT2D eigenvalue weighted by atomic mass is 16.5. The molecule has 0 spiro atoms. The number of hydrogen-bond donors (Lipinski definition) is 1. The molecule has 0 radical (unpaired) electrons. The third-order valence-electron chi connectivity index (χ3n) is 4.48. The molecule has 1 aromatic rings. The van der Waals surface area contributed by atoms with E-state index in [9.17, 15) is 10.4 Å². The van der Waals surface area contributed by atoms with E-state index in [4.69, 9.17) is 4.74 Å². The van der Waals surface area contributed by atoms with Crippen molar-refractivity contribution >= 4 is 0 Å². The Morgan fingerprint density at radius 2 is 2.00 bits per heavy atom. The van der Waals surface area contributed by atoms with Gasteiger partial charge in [0, 0.05) is 0 Å². The largest absolute Gasteiger partial charge is 0.497 e. The van der Waals surface area contributed by atoms with E-state index in [1.165, 1.54) is 0 Å². The third kappa shape index (κ3) is 2.33. The van der Waals surface area contributed by atoms with Crippen LogP contribution in [0.25, 0.3) is 0 Å². The van der Waals surface area contributed by atoms with Crippen molar-refractivity contribution in [1.29, 1.82) is 5.26 Å². The van der Waals surface area contributed by atoms with E-state index in [2.05, 4.69) is 6.07 Å². The summed E-state index contributed by atoms with van der Waals surface area (Å²) in [6.07, 6.45) is 4.68. The lowest BCUT2D eigenvalue weighted by atomic mass is 9.62. The number of hydrogen-bond acceptors (Lipinski definition) is 3. The van der Waals surface area contributed by atoms with Crippen LogP contribution >= 0.6 is 0 Å². The Kier molecular flexibility index (Phi) is 3.82. The van der Waals surface area contributed by atoms with Crippen LogP contribution in [0.4, 0.5) is 0 Å². The number of nitrogens with zero attached hydrogens (tertiary/aromatic N) is 1. The molecule has 3 heteroatoms. The molecule has 1 unspecified atom stereocenters. The van der Waals surface area contributed by atoms with Gasteiger partial charge in [0.2, 0.25) is 0 Å². The van der Waals surface area contributed by atoms with E-state index in [0.29, 0.717) is 5.75 Å². The second-order valence-electron chi connectivity index (χ2n) is 5.56. The number of aliphatic hydroxyl groups is 1. The lowest BCUT2D eigenvalue weighted by Crippen LogP contribution is -2.44. The molecule has 1 saturated carbocycles. The van der Waals surface area contributed by atoms with Gasteiger partial charge < -0.3 is 9.84 Å². The summed E-state index contributed by atoms with van der Waals surface area (Å²) in [7, 11) is 1.61. The molecule has 1 aromatic carbocycles. The van der Waals surface area contributed by atoms with Gasteiger partial charge in [0.1, 0.15) is 11.4 Å². The van der Waals surface area contributed by atoms with Crippen LogP contribution in [-0.2, 0) is 5.60 Å². The Morgan fingerprint density at radius 1 is 1.32 bits per heavy atom. The molecule has 0 heterocycles. The van der Waals surface area contributed by atoms with E-state index in [1.807, 2.05) is 24.3 Å². The van der Waals surface area contributed by atoms with Crippen LogP contribution in [0.2, 0.25) is 0 Å². The van der Waals surface area contributed by atoms with E-state index >= 15 is 0 Å². The van der Waals surface area contributed by atoms with Crippen molar-refractivity contribution in [2.24, 2.45) is 5.41 Å². The predicted octanol–water partition coefficient (Wildman–Crippen LogP) is 3.38. The topological polar surface area (TPSA) is 53.2 Å². The molecule has 1 aliphatic carbocycles. The van der Waals surface area contributed by atoms with Crippen molar-refractivity contribution in [2.45, 2.75) is 44.6 Å². The van der Waals surface area contributed by atoms with E-state index in [1.54, 1.807) is 14.0 Å². The molecule has 2 rings (SSSR count). The summed E-state index contributed by atoms with van der Waals surface area (Å²) in [6, 6.07) is 9.81. The molecule has 0 aliphatic heterocycles. The molecule has 1 atom stereocenters. The fourth-order valence-corrected chi connectivity index (χ4v) is 3.06. The number of ether oxygens (including phenoxy) is 1. The average Bonchev–Trinajstić information content (AvgIpc) is 2.47. The van der Waals surface area contributed by atoms with Crippen LogP contribution in [0.1, 0.15) is 44.6 Å². The fraction of sp³-hybridized carbons (Fsp3) is 0.562. The van der Waals surface area contributed by atoms with Crippen LogP contribution in [0, 0.1) is 16.7 Å². The smallest absolute Gasteiger partial charge is 0.119 e. The standard InChI is InChI=1S/C16H21NO2/c1-15(18,13-7-6-8-14(11-13)19-2)16(12-17)9-4-3-5-10-16/h6-8,11,18H,3-5,9-10H2,1-2H3. The van der Waals surface area contributed by atoms with Gasteiger partial charge in [0.15, 0.2) is 0 Å². The van der Waals surface area contributed by atoms with Crippen LogP contribution < -0.4 is 4.74 Å². The fourth-order valence-electron chi connectivity index (χ4n) is 3.06. The maximum Gasteiger partial charge on any atom is 0.119 e. The lowest BCUT2D eigenvalue weighted by Gasteiger charge is -2.43. The third-order valence-corrected chi connectivity index (χ3v) is 4.48. The zero-order valence-corrected chi connectivity index (χ0v) is 11.6. The molecule has 1 N–H and O–H groups in total. The Balaban J connectivity index is 2.41. The second kappa shape index (κ2) is 5.22. The number of nitriles is 1. The first-order chi connectivity index (χ1) is 9.05. The summed E-state index contributed by atoms with van der Waals surface area (Å²) >= 11 is 0. The monoisotopic (exact) mass is 259 g/mol. The van der Waals surface area contributed by atoms with Gasteiger partial charge in [-0.3, -0.25) is 0 Å². The van der Waals surface area contributed by atoms with E-state index in [0.717, 1.165) is 37.7 Å². The highest BCUT2D eigenvalue weighted by molar-refractivity contribution is 5.35. The zero-order chi connectivity index (χ0) is 13.9. The number of rotatable bonds is 3. The van der Waals surface area contributed by atoms with Crippen LogP contribution in [-0.4, -0.2) is 12.2 Å². The molecule has 1 aliphatic rings. The zero-order valence-electron chi connectivity index (χ0n) is 11.6. The Labute approximate surface area is 114 Å². The summed E-state index contributed by atoms with van der Waals surface area (Å²) in [5.41, 5.74) is -1.07. The number of methoxy groups -OCH3 is 1. The van der Waals surface area contributed by atoms with E-state index in [-0.39, 0.29) is 0 Å². The minimum Gasteiger partial charge on any atom is -0.497 e. The van der Waals surface area contributed by atoms with Gasteiger partial charge in [-0.05, 0) is 37.5 Å². The molecular weight excluding hydrogens is 238 g/mol. The summed E-state index contributed by atoms with van der Waals surface area (Å²) in [6.45, 7) is 1.76. The highest BCUT2D eigenvalue weighted by Gasteiger charge is 2.49. The summed E-state index contributed by atoms with van der Waals surface area (Å²) in [5, 5.41) is 20.6. The van der Waals surface area contributed by atoms with Crippen molar-refractivity contribution in [3.8, 4) is 11.8 Å². The van der Waals surface area contributed by atoms with Gasteiger partial charge in [-0.25, -0.2) is 0 Å². The number of benzene rings is 1. The van der Waals surface area contributed by atoms with E-state index < -0.39 is 11.0 Å². The Hall–Kier alpha value is -1.53. The van der Waals surface area contributed by atoms with Gasteiger partial charge in [-0.2, -0.15) is 5.26 Å². The van der Waals surface area contributed by atoms with Crippen LogP contribution in [0.15, 0.2) is 24.3 Å². The molecule has 102 valence electrons. The minimum absolute atomic E-state index is 0.683. The van der Waals surface area contributed by atoms with Crippen LogP contribution in [0.3, 0.4) is 0 Å². The molecule has 0 aromatic heterocycles. The van der Waals surface area contributed by atoms with Crippen molar-refractivity contribution < 1.29 is 9.84 Å². The Bertz CT molecular complexity index is 482. The predicted molar refractivity (Wildman–Crippen MR) is 73.7 cm³/mol. The molecule has 1 fully saturated rings. The Morgan fingerprint density at radius 3 is 2.58 bits per heavy atom. The summed E-state index contributed by atoms with van der Waals surface area (Å²) in [5.74, 6) is 0.710. The van der Waals surface area contributed by atoms with Gasteiger partial charge >= 0.3 is 0 Å². The first kappa shape index (κ1) is 13.9. The maximum absolute atomic E-state index is 11.0. The quantitative estimate of drug-likeness (QED) is 0.905. The van der Waals surface area contributed by atoms with Crippen molar-refractivity contribution in [2.75, 3.05) is 7.11 Å². The highest BCUT2D eigenvalue weighted by Crippen LogP contribution is 2.49. The lowest BCUT2D eigenvalue weighted by molar-refractivity contribution is -0.0635. The molecular formula is C16H21NO2.